The highest BCUT2D eigenvalue weighted by Gasteiger charge is 2.17. The third kappa shape index (κ3) is 3.93. The fourth-order valence-corrected chi connectivity index (χ4v) is 2.94. The van der Waals surface area contributed by atoms with Crippen LogP contribution in [0.25, 0.3) is 0 Å². The van der Waals surface area contributed by atoms with Crippen molar-refractivity contribution >= 4 is 16.5 Å². The molecule has 1 unspecified atom stereocenters. The Kier molecular flexibility index (Phi) is 5.41. The van der Waals surface area contributed by atoms with Gasteiger partial charge in [-0.3, -0.25) is 0 Å². The number of hydrogen-bond donors (Lipinski definition) is 1. The molecule has 1 aromatic rings. The molecule has 1 atom stereocenters. The number of rotatable bonds is 6. The van der Waals surface area contributed by atoms with Crippen LogP contribution in [-0.4, -0.2) is 37.8 Å². The van der Waals surface area contributed by atoms with Crippen molar-refractivity contribution in [3.63, 3.8) is 0 Å². The Morgan fingerprint density at radius 2 is 2.44 bits per heavy atom. The second kappa shape index (κ2) is 7.07. The number of ether oxygens (including phenoxy) is 1. The highest BCUT2D eigenvalue weighted by molar-refractivity contribution is 7.13. The van der Waals surface area contributed by atoms with E-state index in [1.54, 1.807) is 11.3 Å². The SMILES string of the molecule is CCNCc1csc(N(C)CC2CCCCO2)n1. The molecule has 102 valence electrons. The zero-order valence-electron chi connectivity index (χ0n) is 11.3. The van der Waals surface area contributed by atoms with Gasteiger partial charge in [0.1, 0.15) is 0 Å². The van der Waals surface area contributed by atoms with Gasteiger partial charge in [0.15, 0.2) is 5.13 Å². The molecule has 1 N–H and O–H groups in total. The van der Waals surface area contributed by atoms with Crippen LogP contribution in [0.4, 0.5) is 5.13 Å². The predicted molar refractivity (Wildman–Crippen MR) is 76.4 cm³/mol. The number of nitrogens with one attached hydrogen (secondary N) is 1. The highest BCUT2D eigenvalue weighted by atomic mass is 32.1. The lowest BCUT2D eigenvalue weighted by molar-refractivity contribution is 0.0216. The van der Waals surface area contributed by atoms with Crippen molar-refractivity contribution in [2.75, 3.05) is 31.6 Å². The molecular formula is C13H23N3OS. The van der Waals surface area contributed by atoms with Gasteiger partial charge in [-0.25, -0.2) is 4.98 Å². The van der Waals surface area contributed by atoms with Crippen LogP contribution in [0, 0.1) is 0 Å². The lowest BCUT2D eigenvalue weighted by Gasteiger charge is -2.27. The summed E-state index contributed by atoms with van der Waals surface area (Å²) < 4.78 is 5.76. The summed E-state index contributed by atoms with van der Waals surface area (Å²) in [4.78, 5) is 6.86. The number of hydrogen-bond acceptors (Lipinski definition) is 5. The van der Waals surface area contributed by atoms with Crippen LogP contribution in [-0.2, 0) is 11.3 Å². The first kappa shape index (κ1) is 13.8. The van der Waals surface area contributed by atoms with Gasteiger partial charge in [-0.1, -0.05) is 6.92 Å². The van der Waals surface area contributed by atoms with Crippen molar-refractivity contribution in [1.29, 1.82) is 0 Å². The van der Waals surface area contributed by atoms with Crippen LogP contribution in [0.5, 0.6) is 0 Å². The van der Waals surface area contributed by atoms with Gasteiger partial charge >= 0.3 is 0 Å². The molecule has 0 aliphatic carbocycles. The maximum atomic E-state index is 5.76. The molecule has 0 amide bonds. The van der Waals surface area contributed by atoms with E-state index >= 15 is 0 Å². The van der Waals surface area contributed by atoms with E-state index in [0.29, 0.717) is 6.10 Å². The summed E-state index contributed by atoms with van der Waals surface area (Å²) in [6.07, 6.45) is 4.07. The van der Waals surface area contributed by atoms with E-state index in [1.165, 1.54) is 19.3 Å². The summed E-state index contributed by atoms with van der Waals surface area (Å²) in [5.74, 6) is 0. The quantitative estimate of drug-likeness (QED) is 0.859. The lowest BCUT2D eigenvalue weighted by atomic mass is 10.1. The fraction of sp³-hybridized carbons (Fsp3) is 0.769. The van der Waals surface area contributed by atoms with Gasteiger partial charge in [0.05, 0.1) is 11.8 Å². The van der Waals surface area contributed by atoms with Gasteiger partial charge < -0.3 is 15.0 Å². The van der Waals surface area contributed by atoms with E-state index in [4.69, 9.17) is 4.74 Å². The number of nitrogens with zero attached hydrogens (tertiary/aromatic N) is 2. The lowest BCUT2D eigenvalue weighted by Crippen LogP contribution is -2.33. The summed E-state index contributed by atoms with van der Waals surface area (Å²) >= 11 is 1.72. The summed E-state index contributed by atoms with van der Waals surface area (Å²) in [6, 6.07) is 0. The van der Waals surface area contributed by atoms with Gasteiger partial charge in [0.25, 0.3) is 0 Å². The van der Waals surface area contributed by atoms with Crippen molar-refractivity contribution in [2.45, 2.75) is 38.8 Å². The summed E-state index contributed by atoms with van der Waals surface area (Å²) in [5, 5.41) is 6.53. The Morgan fingerprint density at radius 3 is 3.17 bits per heavy atom. The zero-order chi connectivity index (χ0) is 12.8. The zero-order valence-corrected chi connectivity index (χ0v) is 12.1. The molecule has 0 saturated carbocycles. The summed E-state index contributed by atoms with van der Waals surface area (Å²) in [7, 11) is 2.10. The van der Waals surface area contributed by atoms with Gasteiger partial charge in [-0.2, -0.15) is 0 Å². The first-order valence-electron chi connectivity index (χ1n) is 6.77. The van der Waals surface area contributed by atoms with E-state index in [-0.39, 0.29) is 0 Å². The molecule has 0 spiro atoms. The second-order valence-electron chi connectivity index (χ2n) is 4.77. The van der Waals surface area contributed by atoms with Crippen molar-refractivity contribution in [1.82, 2.24) is 10.3 Å². The van der Waals surface area contributed by atoms with Crippen LogP contribution >= 0.6 is 11.3 Å². The summed E-state index contributed by atoms with van der Waals surface area (Å²) in [5.41, 5.74) is 1.13. The predicted octanol–water partition coefficient (Wildman–Crippen LogP) is 2.26. The van der Waals surface area contributed by atoms with Gasteiger partial charge in [-0.15, -0.1) is 11.3 Å². The minimum Gasteiger partial charge on any atom is -0.376 e. The number of likely N-dealkylation sites (N-methyl/N-ethyl adjacent to an activating group) is 1. The molecule has 18 heavy (non-hydrogen) atoms. The molecule has 0 bridgehead atoms. The molecule has 2 rings (SSSR count). The van der Waals surface area contributed by atoms with E-state index < -0.39 is 0 Å². The van der Waals surface area contributed by atoms with E-state index in [2.05, 4.69) is 34.6 Å². The van der Waals surface area contributed by atoms with E-state index in [1.807, 2.05) is 0 Å². The maximum Gasteiger partial charge on any atom is 0.185 e. The molecule has 1 aliphatic rings. The molecular weight excluding hydrogens is 246 g/mol. The fourth-order valence-electron chi connectivity index (χ4n) is 2.14. The van der Waals surface area contributed by atoms with Crippen LogP contribution in [0.1, 0.15) is 31.9 Å². The molecule has 4 nitrogen and oxygen atoms in total. The number of aromatic nitrogens is 1. The van der Waals surface area contributed by atoms with Crippen LogP contribution in [0.15, 0.2) is 5.38 Å². The molecule has 0 radical (unpaired) electrons. The molecule has 1 aromatic heterocycles. The molecule has 2 heterocycles. The molecule has 0 aromatic carbocycles. The minimum absolute atomic E-state index is 0.380. The second-order valence-corrected chi connectivity index (χ2v) is 5.61. The van der Waals surface area contributed by atoms with Crippen LogP contribution in [0.3, 0.4) is 0 Å². The molecule has 1 aliphatic heterocycles. The first-order chi connectivity index (χ1) is 8.79. The Morgan fingerprint density at radius 1 is 1.56 bits per heavy atom. The van der Waals surface area contributed by atoms with Crippen molar-refractivity contribution < 1.29 is 4.74 Å². The Hall–Kier alpha value is -0.650. The van der Waals surface area contributed by atoms with Gasteiger partial charge in [-0.05, 0) is 25.8 Å². The standard InChI is InChI=1S/C13H23N3OS/c1-3-14-8-11-10-18-13(15-11)16(2)9-12-6-4-5-7-17-12/h10,12,14H,3-9H2,1-2H3. The smallest absolute Gasteiger partial charge is 0.185 e. The Labute approximate surface area is 113 Å². The number of anilines is 1. The van der Waals surface area contributed by atoms with Crippen LogP contribution < -0.4 is 10.2 Å². The third-order valence-corrected chi connectivity index (χ3v) is 4.18. The molecule has 1 saturated heterocycles. The highest BCUT2D eigenvalue weighted by Crippen LogP contribution is 2.21. The monoisotopic (exact) mass is 269 g/mol. The van der Waals surface area contributed by atoms with Crippen molar-refractivity contribution in [2.24, 2.45) is 0 Å². The third-order valence-electron chi connectivity index (χ3n) is 3.17. The van der Waals surface area contributed by atoms with Gasteiger partial charge in [0, 0.05) is 32.1 Å². The molecule has 1 fully saturated rings. The van der Waals surface area contributed by atoms with Crippen molar-refractivity contribution in [3.8, 4) is 0 Å². The normalized spacial score (nSPS) is 20.0. The Bertz CT molecular complexity index is 350. The van der Waals surface area contributed by atoms with Crippen molar-refractivity contribution in [3.05, 3.63) is 11.1 Å². The maximum absolute atomic E-state index is 5.76. The largest absolute Gasteiger partial charge is 0.376 e. The minimum atomic E-state index is 0.380. The summed E-state index contributed by atoms with van der Waals surface area (Å²) in [6.45, 7) is 5.83. The topological polar surface area (TPSA) is 37.4 Å². The Balaban J connectivity index is 1.83. The van der Waals surface area contributed by atoms with Gasteiger partial charge in [0.2, 0.25) is 0 Å². The van der Waals surface area contributed by atoms with E-state index in [9.17, 15) is 0 Å². The van der Waals surface area contributed by atoms with Crippen LogP contribution in [0.2, 0.25) is 0 Å². The number of thiazole rings is 1. The average Bonchev–Trinajstić information content (AvgIpc) is 2.86. The first-order valence-corrected chi connectivity index (χ1v) is 7.65. The average molecular weight is 269 g/mol. The molecule has 5 heteroatoms. The van der Waals surface area contributed by atoms with E-state index in [0.717, 1.165) is 37.1 Å².